The Kier molecular flexibility index (Phi) is 18.5. The summed E-state index contributed by atoms with van der Waals surface area (Å²) < 4.78 is 4.88. The number of benzene rings is 1. The summed E-state index contributed by atoms with van der Waals surface area (Å²) in [5, 5.41) is 7.18. The summed E-state index contributed by atoms with van der Waals surface area (Å²) >= 11 is 0. The number of rotatable bonds is 9. The summed E-state index contributed by atoms with van der Waals surface area (Å²) in [4.78, 5) is 10.7. The zero-order chi connectivity index (χ0) is 23.2. The van der Waals surface area contributed by atoms with Gasteiger partial charge in [-0.05, 0) is 39.2 Å². The quantitative estimate of drug-likeness (QED) is 0.258. The third kappa shape index (κ3) is 16.6. The lowest BCUT2D eigenvalue weighted by Gasteiger charge is -2.00. The van der Waals surface area contributed by atoms with Crippen LogP contribution in [0.25, 0.3) is 5.57 Å². The summed E-state index contributed by atoms with van der Waals surface area (Å²) in [6, 6.07) is 14.0. The van der Waals surface area contributed by atoms with Crippen molar-refractivity contribution in [3.63, 3.8) is 0 Å². The molecule has 0 aliphatic heterocycles. The predicted molar refractivity (Wildman–Crippen MR) is 133 cm³/mol. The van der Waals surface area contributed by atoms with Crippen LogP contribution in [0.15, 0.2) is 72.8 Å². The molecule has 1 N–H and O–H groups in total. The first-order valence-electron chi connectivity index (χ1n) is 11.3. The second kappa shape index (κ2) is 20.4. The topological polar surface area (TPSA) is 55.0 Å². The van der Waals surface area contributed by atoms with E-state index in [0.29, 0.717) is 13.0 Å². The minimum absolute atomic E-state index is 0.0593. The van der Waals surface area contributed by atoms with E-state index >= 15 is 0 Å². The van der Waals surface area contributed by atoms with Gasteiger partial charge >= 0.3 is 5.97 Å². The number of allylic oxidation sites excluding steroid dienone is 6. The van der Waals surface area contributed by atoms with E-state index < -0.39 is 0 Å². The van der Waals surface area contributed by atoms with Crippen molar-refractivity contribution in [2.24, 2.45) is 0 Å². The third-order valence-corrected chi connectivity index (χ3v) is 3.88. The summed E-state index contributed by atoms with van der Waals surface area (Å²) in [6.07, 6.45) is 14.9. The van der Waals surface area contributed by atoms with Gasteiger partial charge in [-0.15, -0.1) is 0 Å². The first-order chi connectivity index (χ1) is 15.1. The fourth-order valence-corrected chi connectivity index (χ4v) is 2.27. The maximum Gasteiger partial charge on any atom is 0.305 e. The number of aromatic nitrogens is 2. The lowest BCUT2D eigenvalue weighted by Crippen LogP contribution is -2.04. The molecule has 0 saturated carbocycles. The Morgan fingerprint density at radius 2 is 1.71 bits per heavy atom. The van der Waals surface area contributed by atoms with Crippen LogP contribution in [0.5, 0.6) is 0 Å². The largest absolute Gasteiger partial charge is 0.466 e. The van der Waals surface area contributed by atoms with Gasteiger partial charge < -0.3 is 4.74 Å². The minimum Gasteiger partial charge on any atom is -0.466 e. The molecule has 170 valence electrons. The number of ether oxygens (including phenoxy) is 1. The molecule has 2 rings (SSSR count). The first kappa shape index (κ1) is 28.1. The molecule has 4 nitrogen and oxygen atoms in total. The van der Waals surface area contributed by atoms with Crippen molar-refractivity contribution in [1.29, 1.82) is 0 Å². The molecule has 0 aliphatic rings. The van der Waals surface area contributed by atoms with E-state index in [2.05, 4.69) is 48.3 Å². The number of aromatic amines is 1. The van der Waals surface area contributed by atoms with E-state index in [1.54, 1.807) is 0 Å². The van der Waals surface area contributed by atoms with Crippen LogP contribution < -0.4 is 0 Å². The van der Waals surface area contributed by atoms with E-state index in [0.717, 1.165) is 42.6 Å². The van der Waals surface area contributed by atoms with Crippen molar-refractivity contribution < 1.29 is 9.53 Å². The SMILES string of the molecule is CCCCOC(=O)CCC.C\C=C/C(=C\C=C\CC)c1cc(C)[nH]n1.c1ccccc1. The highest BCUT2D eigenvalue weighted by atomic mass is 16.5. The summed E-state index contributed by atoms with van der Waals surface area (Å²) in [5.74, 6) is -0.0593. The average molecular weight is 425 g/mol. The van der Waals surface area contributed by atoms with Crippen molar-refractivity contribution in [2.75, 3.05) is 6.61 Å². The van der Waals surface area contributed by atoms with Crippen LogP contribution in [0.2, 0.25) is 0 Å². The lowest BCUT2D eigenvalue weighted by molar-refractivity contribution is -0.143. The minimum atomic E-state index is -0.0593. The van der Waals surface area contributed by atoms with Gasteiger partial charge in [0.25, 0.3) is 0 Å². The molecule has 0 atom stereocenters. The number of unbranched alkanes of at least 4 members (excludes halogenated alkanes) is 1. The van der Waals surface area contributed by atoms with Gasteiger partial charge in [-0.25, -0.2) is 0 Å². The number of carbonyl (C=O) groups is 1. The Morgan fingerprint density at radius 3 is 2.16 bits per heavy atom. The van der Waals surface area contributed by atoms with E-state index in [1.807, 2.05) is 69.3 Å². The summed E-state index contributed by atoms with van der Waals surface area (Å²) in [6.45, 7) is 10.8. The zero-order valence-corrected chi connectivity index (χ0v) is 19.9. The van der Waals surface area contributed by atoms with Gasteiger partial charge in [-0.3, -0.25) is 9.89 Å². The van der Waals surface area contributed by atoms with E-state index in [1.165, 1.54) is 0 Å². The Bertz CT molecular complexity index is 732. The molecule has 0 unspecified atom stereocenters. The molecule has 31 heavy (non-hydrogen) atoms. The average Bonchev–Trinajstić information content (AvgIpc) is 3.22. The van der Waals surface area contributed by atoms with E-state index in [9.17, 15) is 4.79 Å². The second-order valence-corrected chi connectivity index (χ2v) is 6.87. The maximum atomic E-state index is 10.7. The van der Waals surface area contributed by atoms with Crippen molar-refractivity contribution in [3.8, 4) is 0 Å². The highest BCUT2D eigenvalue weighted by molar-refractivity contribution is 5.72. The number of hydrogen-bond acceptors (Lipinski definition) is 3. The summed E-state index contributed by atoms with van der Waals surface area (Å²) in [7, 11) is 0. The van der Waals surface area contributed by atoms with Gasteiger partial charge in [0, 0.05) is 17.7 Å². The molecule has 4 heteroatoms. The van der Waals surface area contributed by atoms with Crippen molar-refractivity contribution in [1.82, 2.24) is 10.2 Å². The number of nitrogens with one attached hydrogen (secondary N) is 1. The van der Waals surface area contributed by atoms with Crippen LogP contribution in [0.3, 0.4) is 0 Å². The highest BCUT2D eigenvalue weighted by Crippen LogP contribution is 2.14. The molecule has 0 bridgehead atoms. The highest BCUT2D eigenvalue weighted by Gasteiger charge is 2.00. The normalized spacial score (nSPS) is 10.9. The lowest BCUT2D eigenvalue weighted by atomic mass is 10.1. The Balaban J connectivity index is 0.000000482. The van der Waals surface area contributed by atoms with Crippen LogP contribution in [0, 0.1) is 6.92 Å². The van der Waals surface area contributed by atoms with Crippen LogP contribution in [-0.2, 0) is 9.53 Å². The molecule has 0 amide bonds. The molecule has 0 saturated heterocycles. The van der Waals surface area contributed by atoms with Gasteiger partial charge in [-0.1, -0.05) is 94.0 Å². The number of aryl methyl sites for hydroxylation is 1. The molecule has 2 aromatic rings. The Morgan fingerprint density at radius 1 is 1.06 bits per heavy atom. The predicted octanol–water partition coefficient (Wildman–Crippen LogP) is 7.46. The van der Waals surface area contributed by atoms with E-state index in [-0.39, 0.29) is 5.97 Å². The fraction of sp³-hybridized carbons (Fsp3) is 0.407. The number of hydrogen-bond donors (Lipinski definition) is 1. The number of carbonyl (C=O) groups excluding carboxylic acids is 1. The monoisotopic (exact) mass is 424 g/mol. The first-order valence-corrected chi connectivity index (χ1v) is 11.3. The van der Waals surface area contributed by atoms with Gasteiger partial charge in [0.05, 0.1) is 12.3 Å². The van der Waals surface area contributed by atoms with Crippen LogP contribution >= 0.6 is 0 Å². The zero-order valence-electron chi connectivity index (χ0n) is 19.9. The van der Waals surface area contributed by atoms with E-state index in [4.69, 9.17) is 4.74 Å². The van der Waals surface area contributed by atoms with Gasteiger partial charge in [-0.2, -0.15) is 5.10 Å². The molecule has 1 heterocycles. The van der Waals surface area contributed by atoms with Crippen LogP contribution in [0.1, 0.15) is 71.2 Å². The molecule has 0 spiro atoms. The Hall–Kier alpha value is -2.88. The number of H-pyrrole nitrogens is 1. The van der Waals surface area contributed by atoms with Crippen LogP contribution in [0.4, 0.5) is 0 Å². The van der Waals surface area contributed by atoms with Crippen molar-refractivity contribution in [2.45, 2.75) is 66.7 Å². The van der Waals surface area contributed by atoms with Crippen molar-refractivity contribution >= 4 is 11.5 Å². The van der Waals surface area contributed by atoms with Gasteiger partial charge in [0.15, 0.2) is 0 Å². The number of esters is 1. The molecular weight excluding hydrogens is 384 g/mol. The maximum absolute atomic E-state index is 10.7. The van der Waals surface area contributed by atoms with Crippen molar-refractivity contribution in [3.05, 3.63) is 84.2 Å². The Labute approximate surface area is 189 Å². The number of nitrogens with zero attached hydrogens (tertiary/aromatic N) is 1. The second-order valence-electron chi connectivity index (χ2n) is 6.87. The van der Waals surface area contributed by atoms with Gasteiger partial charge in [0.2, 0.25) is 0 Å². The molecular formula is C27H40N2O2. The standard InChI is InChI=1S/C13H18N2.C8H16O2.C6H6/c1-4-6-7-9-12(8-5-2)13-10-11(3)14-15-13;1-3-5-7-10-8(9)6-4-2;1-2-4-6-5-3-1/h5-10H,4H2,1-3H3,(H,14,15);3-7H2,1-2H3;1-6H/b7-6+,8-5-,12-9+;;. The van der Waals surface area contributed by atoms with Gasteiger partial charge in [0.1, 0.15) is 0 Å². The third-order valence-electron chi connectivity index (χ3n) is 3.88. The molecule has 1 aromatic heterocycles. The molecule has 0 fully saturated rings. The molecule has 1 aromatic carbocycles. The smallest absolute Gasteiger partial charge is 0.305 e. The fourth-order valence-electron chi connectivity index (χ4n) is 2.27. The molecule has 0 radical (unpaired) electrons. The van der Waals surface area contributed by atoms with Crippen LogP contribution in [-0.4, -0.2) is 22.8 Å². The summed E-state index contributed by atoms with van der Waals surface area (Å²) in [5.41, 5.74) is 3.21. The molecule has 0 aliphatic carbocycles.